The van der Waals surface area contributed by atoms with Crippen LogP contribution in [0.3, 0.4) is 0 Å². The van der Waals surface area contributed by atoms with Crippen LogP contribution in [0.25, 0.3) is 0 Å². The van der Waals surface area contributed by atoms with Crippen molar-refractivity contribution in [2.45, 2.75) is 0 Å². The topological polar surface area (TPSA) is 74.6 Å². The zero-order chi connectivity index (χ0) is 4.50. The molecule has 0 amide bonds. The number of halogens is 1. The van der Waals surface area contributed by atoms with Gasteiger partial charge in [-0.3, -0.25) is 9.11 Å². The van der Waals surface area contributed by atoms with Crippen LogP contribution in [0.2, 0.25) is 0 Å². The van der Waals surface area contributed by atoms with E-state index in [1.165, 1.54) is 0 Å². The Labute approximate surface area is 76.6 Å². The monoisotopic (exact) mass is 261 g/mol. The summed E-state index contributed by atoms with van der Waals surface area (Å²) >= 11 is 0. The SMILES string of the molecule is Cl.O=S(=O)(O)O.[Cu].[Zn]. The van der Waals surface area contributed by atoms with Gasteiger partial charge in [0.2, 0.25) is 0 Å². The maximum absolute atomic E-state index is 8.74. The Hall–Kier alpha value is 1.30. The van der Waals surface area contributed by atoms with Crippen LogP contribution in [0.15, 0.2) is 0 Å². The first-order valence-corrected chi connectivity index (χ1v) is 2.10. The van der Waals surface area contributed by atoms with Gasteiger partial charge in [0.25, 0.3) is 0 Å². The van der Waals surface area contributed by atoms with Crippen LogP contribution < -0.4 is 0 Å². The van der Waals surface area contributed by atoms with Crippen molar-refractivity contribution in [1.29, 1.82) is 0 Å². The average molecular weight is 263 g/mol. The van der Waals surface area contributed by atoms with Crippen molar-refractivity contribution in [3.63, 3.8) is 0 Å². The van der Waals surface area contributed by atoms with E-state index in [1.807, 2.05) is 0 Å². The molecule has 1 radical (unpaired) electrons. The van der Waals surface area contributed by atoms with Crippen molar-refractivity contribution in [1.82, 2.24) is 0 Å². The van der Waals surface area contributed by atoms with Gasteiger partial charge in [-0.15, -0.1) is 12.4 Å². The molecule has 8 heavy (non-hydrogen) atoms. The summed E-state index contributed by atoms with van der Waals surface area (Å²) in [5.41, 5.74) is 0. The average Bonchev–Trinajstić information content (AvgIpc) is 0.722. The van der Waals surface area contributed by atoms with Crippen LogP contribution >= 0.6 is 12.4 Å². The Morgan fingerprint density at radius 1 is 1.12 bits per heavy atom. The first kappa shape index (κ1) is 22.8. The van der Waals surface area contributed by atoms with Gasteiger partial charge in [0, 0.05) is 36.5 Å². The van der Waals surface area contributed by atoms with Crippen molar-refractivity contribution in [3.8, 4) is 0 Å². The maximum Gasteiger partial charge on any atom is 0.394 e. The summed E-state index contributed by atoms with van der Waals surface area (Å²) in [4.78, 5) is 0. The van der Waals surface area contributed by atoms with E-state index in [4.69, 9.17) is 17.5 Å². The van der Waals surface area contributed by atoms with E-state index in [-0.39, 0.29) is 49.0 Å². The summed E-state index contributed by atoms with van der Waals surface area (Å²) in [5, 5.41) is 0. The van der Waals surface area contributed by atoms with Crippen molar-refractivity contribution in [2.24, 2.45) is 0 Å². The molecule has 0 aliphatic carbocycles. The van der Waals surface area contributed by atoms with Gasteiger partial charge in [0.05, 0.1) is 0 Å². The van der Waals surface area contributed by atoms with Gasteiger partial charge < -0.3 is 0 Å². The Balaban J connectivity index is -0.0000000267. The fraction of sp³-hybridized carbons (Fsp3) is 0. The number of hydrogen-bond donors (Lipinski definition) is 2. The van der Waals surface area contributed by atoms with E-state index >= 15 is 0 Å². The molecule has 53 valence electrons. The van der Waals surface area contributed by atoms with Gasteiger partial charge in [0.1, 0.15) is 0 Å². The Kier molecular flexibility index (Phi) is 23.7. The first-order valence-electron chi connectivity index (χ1n) is 0.698. The summed E-state index contributed by atoms with van der Waals surface area (Å²) in [6, 6.07) is 0. The van der Waals surface area contributed by atoms with Crippen LogP contribution in [0.4, 0.5) is 0 Å². The molecule has 0 aliphatic heterocycles. The van der Waals surface area contributed by atoms with Crippen LogP contribution in [-0.4, -0.2) is 17.5 Å². The van der Waals surface area contributed by atoms with Gasteiger partial charge in [-0.2, -0.15) is 8.42 Å². The quantitative estimate of drug-likeness (QED) is 0.467. The number of hydrogen-bond acceptors (Lipinski definition) is 2. The molecule has 0 aromatic carbocycles. The van der Waals surface area contributed by atoms with Crippen LogP contribution in [0.5, 0.6) is 0 Å². The third-order valence-corrected chi connectivity index (χ3v) is 0. The van der Waals surface area contributed by atoms with Gasteiger partial charge >= 0.3 is 10.4 Å². The second kappa shape index (κ2) is 8.30. The van der Waals surface area contributed by atoms with Crippen molar-refractivity contribution < 1.29 is 54.1 Å². The third kappa shape index (κ3) is 171. The van der Waals surface area contributed by atoms with E-state index in [9.17, 15) is 0 Å². The largest absolute Gasteiger partial charge is 0.394 e. The molecular weight excluding hydrogens is 260 g/mol. The van der Waals surface area contributed by atoms with E-state index in [1.54, 1.807) is 0 Å². The molecule has 0 aliphatic rings. The summed E-state index contributed by atoms with van der Waals surface area (Å²) in [6.45, 7) is 0. The molecule has 0 saturated carbocycles. The standard InChI is InChI=1S/ClH.Cu.H2O4S.Zn/c;;1-5(2,3)4;/h1H;;(H2,1,2,3,4);. The van der Waals surface area contributed by atoms with Crippen LogP contribution in [0, 0.1) is 0 Å². The Morgan fingerprint density at radius 3 is 1.12 bits per heavy atom. The molecule has 0 aromatic heterocycles. The fourth-order valence-electron chi connectivity index (χ4n) is 0. The van der Waals surface area contributed by atoms with Crippen molar-refractivity contribution in [3.05, 3.63) is 0 Å². The molecule has 0 aromatic rings. The molecule has 8 heteroatoms. The Morgan fingerprint density at radius 2 is 1.12 bits per heavy atom. The molecule has 2 N–H and O–H groups in total. The maximum atomic E-state index is 8.74. The van der Waals surface area contributed by atoms with Crippen LogP contribution in [-0.2, 0) is 46.9 Å². The third-order valence-electron chi connectivity index (χ3n) is 0. The molecule has 0 unspecified atom stereocenters. The molecule has 0 spiro atoms. The van der Waals surface area contributed by atoms with Crippen molar-refractivity contribution >= 4 is 22.8 Å². The zero-order valence-electron chi connectivity index (χ0n) is 3.54. The Bertz CT molecular complexity index is 99.2. The second-order valence-corrected chi connectivity index (χ2v) is 1.34. The smallest absolute Gasteiger partial charge is 0.264 e. The van der Waals surface area contributed by atoms with Gasteiger partial charge in [-0.25, -0.2) is 0 Å². The molecule has 0 rings (SSSR count). The van der Waals surface area contributed by atoms with Crippen molar-refractivity contribution in [2.75, 3.05) is 0 Å². The summed E-state index contributed by atoms with van der Waals surface area (Å²) < 4.78 is 31.6. The minimum absolute atomic E-state index is 0. The minimum atomic E-state index is -4.67. The zero-order valence-corrected chi connectivity index (χ0v) is 9.08. The second-order valence-electron chi connectivity index (χ2n) is 0.448. The first-order chi connectivity index (χ1) is 2.00. The van der Waals surface area contributed by atoms with E-state index in [0.29, 0.717) is 0 Å². The predicted octanol–water partition coefficient (Wildman–Crippen LogP) is -0.236. The van der Waals surface area contributed by atoms with Crippen LogP contribution in [0.1, 0.15) is 0 Å². The van der Waals surface area contributed by atoms with E-state index in [0.717, 1.165) is 0 Å². The van der Waals surface area contributed by atoms with E-state index in [2.05, 4.69) is 0 Å². The predicted molar refractivity (Wildman–Crippen MR) is 21.4 cm³/mol. The normalized spacial score (nSPS) is 7.25. The molecule has 0 atom stereocenters. The molecule has 4 nitrogen and oxygen atoms in total. The van der Waals surface area contributed by atoms with E-state index < -0.39 is 10.4 Å². The molecule has 0 fully saturated rings. The molecular formula is H3ClCuO4SZn. The molecule has 0 heterocycles. The molecule has 0 bridgehead atoms. The fourth-order valence-corrected chi connectivity index (χ4v) is 0. The minimum Gasteiger partial charge on any atom is -0.264 e. The van der Waals surface area contributed by atoms with Gasteiger partial charge in [-0.1, -0.05) is 0 Å². The summed E-state index contributed by atoms with van der Waals surface area (Å²) in [5.74, 6) is 0. The number of rotatable bonds is 0. The van der Waals surface area contributed by atoms with Gasteiger partial charge in [-0.05, 0) is 0 Å². The molecule has 0 saturated heterocycles. The summed E-state index contributed by atoms with van der Waals surface area (Å²) in [7, 11) is -4.67. The summed E-state index contributed by atoms with van der Waals surface area (Å²) in [6.07, 6.45) is 0. The van der Waals surface area contributed by atoms with Gasteiger partial charge in [0.15, 0.2) is 0 Å².